The number of aromatic nitrogens is 2. The maximum absolute atomic E-state index is 12.7. The maximum Gasteiger partial charge on any atom is 0.315 e. The Hall–Kier alpha value is -6.48. The monoisotopic (exact) mass is 731 g/mol. The van der Waals surface area contributed by atoms with Gasteiger partial charge in [-0.25, -0.2) is 9.37 Å². The van der Waals surface area contributed by atoms with Crippen molar-refractivity contribution in [3.05, 3.63) is 149 Å². The van der Waals surface area contributed by atoms with Crippen LogP contribution in [0, 0.1) is 0 Å². The number of rotatable bonds is 18. The summed E-state index contributed by atoms with van der Waals surface area (Å²) < 4.78 is 1.92. The molecule has 0 atom stereocenters. The van der Waals surface area contributed by atoms with Crippen LogP contribution in [-0.2, 0) is 48.9 Å². The van der Waals surface area contributed by atoms with E-state index < -0.39 is 24.1 Å². The molecule has 0 saturated carbocycles. The fraction of sp³-hybridized carbons (Fsp3) is 0.200. The normalized spacial score (nSPS) is 11.3. The molecule has 0 saturated heterocycles. The minimum atomic E-state index is -0.802. The number of carbonyl (C=O) groups excluding carboxylic acids is 3. The number of para-hydroxylation sites is 2. The van der Waals surface area contributed by atoms with Gasteiger partial charge in [0.05, 0.1) is 29.9 Å². The van der Waals surface area contributed by atoms with E-state index in [1.165, 1.54) is 0 Å². The van der Waals surface area contributed by atoms with Crippen molar-refractivity contribution in [2.24, 2.45) is 5.84 Å². The predicted molar refractivity (Wildman–Crippen MR) is 201 cm³/mol. The lowest BCUT2D eigenvalue weighted by atomic mass is 10.0. The van der Waals surface area contributed by atoms with Crippen LogP contribution in [0.2, 0.25) is 0 Å². The Labute approximate surface area is 312 Å². The van der Waals surface area contributed by atoms with Crippen LogP contribution in [-0.4, -0.2) is 71.7 Å². The van der Waals surface area contributed by atoms with Crippen molar-refractivity contribution in [1.82, 2.24) is 30.9 Å². The van der Waals surface area contributed by atoms with E-state index >= 15 is 0 Å². The summed E-state index contributed by atoms with van der Waals surface area (Å²) in [4.78, 5) is 47.6. The molecule has 0 fully saturated rings. The van der Waals surface area contributed by atoms with Gasteiger partial charge in [-0.2, -0.15) is 0 Å². The van der Waals surface area contributed by atoms with Crippen LogP contribution in [0.15, 0.2) is 109 Å². The molecule has 278 valence electrons. The number of aromatic hydroxyl groups is 3. The van der Waals surface area contributed by atoms with Gasteiger partial charge >= 0.3 is 6.03 Å². The molecular weight excluding hydrogens is 688 g/mol. The van der Waals surface area contributed by atoms with Crippen LogP contribution in [0.1, 0.15) is 39.2 Å². The third-order valence-electron chi connectivity index (χ3n) is 8.38. The number of amides is 2. The van der Waals surface area contributed by atoms with Crippen LogP contribution in [0.3, 0.4) is 0 Å². The number of hydrazine groups is 1. The van der Waals surface area contributed by atoms with E-state index in [2.05, 4.69) is 26.0 Å². The first-order valence-corrected chi connectivity index (χ1v) is 17.2. The third-order valence-corrected chi connectivity index (χ3v) is 8.38. The van der Waals surface area contributed by atoms with Gasteiger partial charge in [0.15, 0.2) is 19.3 Å². The first-order valence-electron chi connectivity index (χ1n) is 17.2. The molecule has 0 aliphatic rings. The van der Waals surface area contributed by atoms with Gasteiger partial charge in [0.25, 0.3) is 0 Å². The van der Waals surface area contributed by atoms with E-state index in [1.54, 1.807) is 61.1 Å². The first-order chi connectivity index (χ1) is 26.2. The molecule has 0 aliphatic heterocycles. The number of ketones is 2. The molecule has 0 bridgehead atoms. The Bertz CT molecular complexity index is 2080. The molecule has 2 amide bonds. The summed E-state index contributed by atoms with van der Waals surface area (Å²) >= 11 is 0. The number of phenols is 3. The number of nitrogens with one attached hydrogen (secondary N) is 3. The largest absolute Gasteiger partial charge is 0.508 e. The van der Waals surface area contributed by atoms with E-state index in [1.807, 2.05) is 64.1 Å². The van der Waals surface area contributed by atoms with Gasteiger partial charge in [-0.05, 0) is 60.2 Å². The highest BCUT2D eigenvalue weighted by Gasteiger charge is 2.21. The predicted octanol–water partition coefficient (Wildman–Crippen LogP) is 3.03. The molecule has 0 aliphatic carbocycles. The summed E-state index contributed by atoms with van der Waals surface area (Å²) in [5.41, 5.74) is 6.66. The number of hydrogen-bond donors (Lipinski definition) is 7. The number of carbonyl (C=O) groups is 3. The van der Waals surface area contributed by atoms with Crippen molar-refractivity contribution in [3.8, 4) is 17.2 Å². The number of nitrogens with zero attached hydrogens (tertiary/aromatic N) is 4. The Kier molecular flexibility index (Phi) is 13.9. The Balaban J connectivity index is 1.49. The summed E-state index contributed by atoms with van der Waals surface area (Å²) in [7, 11) is 0. The summed E-state index contributed by atoms with van der Waals surface area (Å²) in [6.45, 7) is 0.672. The van der Waals surface area contributed by atoms with Crippen molar-refractivity contribution in [3.63, 3.8) is 0 Å². The number of Topliss-reactive ketones (excluding diaryl/α,β-unsaturated/α-hetero) is 2. The average Bonchev–Trinajstić information content (AvgIpc) is 3.17. The lowest BCUT2D eigenvalue weighted by Crippen LogP contribution is -2.42. The fourth-order valence-corrected chi connectivity index (χ4v) is 5.74. The topological polar surface area (TPSA) is 206 Å². The number of phenolic OH excluding ortho intramolecular Hbond substituents is 3. The molecule has 0 radical (unpaired) electrons. The Morgan fingerprint density at radius 1 is 0.685 bits per heavy atom. The summed E-state index contributed by atoms with van der Waals surface area (Å²) in [6, 6.07) is 28.1. The van der Waals surface area contributed by atoms with Gasteiger partial charge < -0.3 is 26.0 Å². The van der Waals surface area contributed by atoms with Gasteiger partial charge in [-0.15, -0.1) is 0 Å². The fourth-order valence-electron chi connectivity index (χ4n) is 5.74. The van der Waals surface area contributed by atoms with Crippen molar-refractivity contribution >= 4 is 23.8 Å². The molecule has 2 aromatic heterocycles. The van der Waals surface area contributed by atoms with E-state index in [4.69, 9.17) is 5.84 Å². The standard InChI is InChI=1S/C40H42N8O6/c41-46-21-38(52)37(51)20-45-40(54)44-19-28-17-31(24-47(26-33-11-5-7-15-42-33)22-29-9-1-3-13-35(29)49)39(53)32(18-28)25-48(27-34-12-6-8-16-43-34)23-30-10-2-4-14-36(30)50/h1-18,22H,19-21,23-27H2,(H7,41,44,45,46,50,51,52,53,54)/p+1. The summed E-state index contributed by atoms with van der Waals surface area (Å²) in [6.07, 6.45) is 5.20. The molecule has 54 heavy (non-hydrogen) atoms. The molecule has 0 spiro atoms. The highest BCUT2D eigenvalue weighted by Crippen LogP contribution is 2.29. The van der Waals surface area contributed by atoms with Crippen molar-refractivity contribution in [2.75, 3.05) is 13.1 Å². The number of benzene rings is 3. The van der Waals surface area contributed by atoms with Gasteiger partial charge in [0.1, 0.15) is 22.9 Å². The Morgan fingerprint density at radius 3 is 2.00 bits per heavy atom. The summed E-state index contributed by atoms with van der Waals surface area (Å²) in [5.74, 6) is 3.81. The zero-order chi connectivity index (χ0) is 38.3. The average molecular weight is 732 g/mol. The molecule has 14 heteroatoms. The molecule has 5 rings (SSSR count). The zero-order valence-corrected chi connectivity index (χ0v) is 29.6. The van der Waals surface area contributed by atoms with Crippen molar-refractivity contribution < 1.29 is 34.3 Å². The van der Waals surface area contributed by atoms with Gasteiger partial charge in [-0.3, -0.25) is 35.7 Å². The first kappa shape index (κ1) is 38.7. The number of urea groups is 1. The van der Waals surface area contributed by atoms with Crippen molar-refractivity contribution in [2.45, 2.75) is 39.3 Å². The highest BCUT2D eigenvalue weighted by atomic mass is 16.3. The lowest BCUT2D eigenvalue weighted by Gasteiger charge is -2.24. The maximum atomic E-state index is 12.7. The SMILES string of the molecule is NNCC(=O)C(=O)CNC(=O)NCc1cc(CN(Cc2ccccn2)Cc2ccccc2O)c(O)c(C[N+](=Cc2ccccc2O)Cc2ccccn2)c1. The van der Waals surface area contributed by atoms with E-state index in [0.717, 1.165) is 11.4 Å². The lowest BCUT2D eigenvalue weighted by molar-refractivity contribution is -0.555. The summed E-state index contributed by atoms with van der Waals surface area (Å²) in [5, 5.41) is 38.3. The number of hydrogen-bond acceptors (Lipinski definition) is 11. The number of pyridine rings is 2. The molecule has 2 heterocycles. The minimum absolute atomic E-state index is 0.0156. The van der Waals surface area contributed by atoms with Gasteiger partial charge in [0.2, 0.25) is 11.6 Å². The van der Waals surface area contributed by atoms with Crippen molar-refractivity contribution in [1.29, 1.82) is 0 Å². The number of nitrogens with two attached hydrogens (primary N) is 1. The molecular formula is C40H43N8O6+. The second kappa shape index (κ2) is 19.4. The smallest absolute Gasteiger partial charge is 0.315 e. The minimum Gasteiger partial charge on any atom is -0.508 e. The van der Waals surface area contributed by atoms with Crippen LogP contribution in [0.5, 0.6) is 17.2 Å². The second-order valence-corrected chi connectivity index (χ2v) is 12.5. The molecule has 14 nitrogen and oxygen atoms in total. The third kappa shape index (κ3) is 11.5. The highest BCUT2D eigenvalue weighted by molar-refractivity contribution is 6.39. The van der Waals surface area contributed by atoms with E-state index in [0.29, 0.717) is 47.5 Å². The van der Waals surface area contributed by atoms with Crippen LogP contribution >= 0.6 is 0 Å². The Morgan fingerprint density at radius 2 is 1.31 bits per heavy atom. The zero-order valence-electron chi connectivity index (χ0n) is 29.6. The molecule has 0 unspecified atom stereocenters. The van der Waals surface area contributed by atoms with Gasteiger partial charge in [0, 0.05) is 49.7 Å². The van der Waals surface area contributed by atoms with Crippen LogP contribution in [0.25, 0.3) is 0 Å². The van der Waals surface area contributed by atoms with Crippen LogP contribution in [0.4, 0.5) is 4.79 Å². The van der Waals surface area contributed by atoms with Gasteiger partial charge in [-0.1, -0.05) is 42.5 Å². The quantitative estimate of drug-likeness (QED) is 0.0229. The van der Waals surface area contributed by atoms with Crippen LogP contribution < -0.4 is 21.9 Å². The molecule has 8 N–H and O–H groups in total. The second-order valence-electron chi connectivity index (χ2n) is 12.5. The van der Waals surface area contributed by atoms with E-state index in [-0.39, 0.29) is 43.4 Å². The van der Waals surface area contributed by atoms with E-state index in [9.17, 15) is 29.7 Å². The molecule has 5 aromatic rings. The molecule has 3 aromatic carbocycles.